The maximum Gasteiger partial charge on any atom is 0.251 e. The average Bonchev–Trinajstić information content (AvgIpc) is 2.87. The van der Waals surface area contributed by atoms with E-state index in [0.717, 1.165) is 39.1 Å². The van der Waals surface area contributed by atoms with Crippen LogP contribution < -0.4 is 10.2 Å². The molecule has 0 saturated carbocycles. The summed E-state index contributed by atoms with van der Waals surface area (Å²) in [5.41, 5.74) is 3.03. The first-order valence-electron chi connectivity index (χ1n) is 11.9. The Balaban J connectivity index is 1.18. The number of rotatable bonds is 8. The summed E-state index contributed by atoms with van der Waals surface area (Å²) in [6, 6.07) is 14.8. The van der Waals surface area contributed by atoms with Crippen LogP contribution in [0.1, 0.15) is 22.3 Å². The van der Waals surface area contributed by atoms with Crippen molar-refractivity contribution in [3.63, 3.8) is 0 Å². The predicted octanol–water partition coefficient (Wildman–Crippen LogP) is 1.96. The summed E-state index contributed by atoms with van der Waals surface area (Å²) in [6.07, 6.45) is 0.875. The first-order chi connectivity index (χ1) is 16.4. The Labute approximate surface area is 202 Å². The smallest absolute Gasteiger partial charge is 0.251 e. The number of carbonyl (C=O) groups is 1. The van der Waals surface area contributed by atoms with Crippen molar-refractivity contribution in [1.29, 1.82) is 0 Å². The fraction of sp³-hybridized carbons (Fsp3) is 0.480. The summed E-state index contributed by atoms with van der Waals surface area (Å²) < 4.78 is 32.1. The number of nitrogens with one attached hydrogen (secondary N) is 1. The van der Waals surface area contributed by atoms with E-state index in [2.05, 4.69) is 46.3 Å². The van der Waals surface area contributed by atoms with Gasteiger partial charge in [-0.1, -0.05) is 12.1 Å². The molecule has 0 aliphatic carbocycles. The lowest BCUT2D eigenvalue weighted by atomic mass is 10.2. The molecule has 0 aromatic heterocycles. The zero-order chi connectivity index (χ0) is 24.0. The molecule has 0 unspecified atom stereocenters. The van der Waals surface area contributed by atoms with Crippen molar-refractivity contribution in [2.45, 2.75) is 18.2 Å². The molecular weight excluding hydrogens is 452 g/mol. The molecule has 2 aromatic rings. The standard InChI is InChI=1S/C25H34N4O4S/c1-21-4-2-5-23(20-21)28-14-12-27(13-15-28)11-3-10-26-25(30)22-6-8-24(9-7-22)34(31,32)29-16-18-33-19-17-29/h2,4-9,20H,3,10-19H2,1H3,(H,26,30). The average molecular weight is 487 g/mol. The van der Waals surface area contributed by atoms with Gasteiger partial charge in [0.05, 0.1) is 18.1 Å². The zero-order valence-corrected chi connectivity index (χ0v) is 20.6. The van der Waals surface area contributed by atoms with Crippen LogP contribution in [0, 0.1) is 6.92 Å². The number of sulfonamides is 1. The zero-order valence-electron chi connectivity index (χ0n) is 19.8. The van der Waals surface area contributed by atoms with Crippen LogP contribution >= 0.6 is 0 Å². The van der Waals surface area contributed by atoms with E-state index < -0.39 is 10.0 Å². The summed E-state index contributed by atoms with van der Waals surface area (Å²) in [6.45, 7) is 9.22. The van der Waals surface area contributed by atoms with E-state index in [0.29, 0.717) is 38.4 Å². The molecule has 2 aliphatic heterocycles. The van der Waals surface area contributed by atoms with Gasteiger partial charge in [-0.25, -0.2) is 8.42 Å². The van der Waals surface area contributed by atoms with E-state index >= 15 is 0 Å². The number of nitrogens with zero attached hydrogens (tertiary/aromatic N) is 3. The predicted molar refractivity (Wildman–Crippen MR) is 133 cm³/mol. The molecule has 2 saturated heterocycles. The number of piperazine rings is 1. The van der Waals surface area contributed by atoms with Crippen LogP contribution in [0.5, 0.6) is 0 Å². The third kappa shape index (κ3) is 6.15. The highest BCUT2D eigenvalue weighted by Gasteiger charge is 2.26. The Kier molecular flexibility index (Phi) is 8.20. The molecule has 2 heterocycles. The van der Waals surface area contributed by atoms with E-state index in [4.69, 9.17) is 4.74 Å². The maximum absolute atomic E-state index is 12.7. The minimum Gasteiger partial charge on any atom is -0.379 e. The lowest BCUT2D eigenvalue weighted by Crippen LogP contribution is -2.47. The minimum absolute atomic E-state index is 0.181. The molecule has 184 valence electrons. The molecule has 1 amide bonds. The fourth-order valence-corrected chi connectivity index (χ4v) is 5.78. The van der Waals surface area contributed by atoms with Crippen molar-refractivity contribution in [3.8, 4) is 0 Å². The molecule has 8 nitrogen and oxygen atoms in total. The van der Waals surface area contributed by atoms with Gasteiger partial charge in [0, 0.05) is 57.1 Å². The monoisotopic (exact) mass is 486 g/mol. The second kappa shape index (κ2) is 11.3. The molecule has 9 heteroatoms. The second-order valence-electron chi connectivity index (χ2n) is 8.82. The van der Waals surface area contributed by atoms with Crippen molar-refractivity contribution in [2.75, 3.05) is 70.5 Å². The number of ether oxygens (including phenoxy) is 1. The Morgan fingerprint density at radius 3 is 2.35 bits per heavy atom. The molecule has 4 rings (SSSR count). The molecule has 1 N–H and O–H groups in total. The summed E-state index contributed by atoms with van der Waals surface area (Å²) >= 11 is 0. The molecule has 0 bridgehead atoms. The van der Waals surface area contributed by atoms with Crippen LogP contribution in [0.25, 0.3) is 0 Å². The first-order valence-corrected chi connectivity index (χ1v) is 13.4. The SMILES string of the molecule is Cc1cccc(N2CCN(CCCNC(=O)c3ccc(S(=O)(=O)N4CCOCC4)cc3)CC2)c1. The van der Waals surface area contributed by atoms with E-state index in [9.17, 15) is 13.2 Å². The van der Waals surface area contributed by atoms with Gasteiger partial charge in [0.15, 0.2) is 0 Å². The van der Waals surface area contributed by atoms with E-state index in [1.54, 1.807) is 12.1 Å². The highest BCUT2D eigenvalue weighted by Crippen LogP contribution is 2.19. The van der Waals surface area contributed by atoms with Gasteiger partial charge in [-0.2, -0.15) is 4.31 Å². The molecule has 34 heavy (non-hydrogen) atoms. The quantitative estimate of drug-likeness (QED) is 0.575. The Hall–Kier alpha value is -2.46. The Morgan fingerprint density at radius 2 is 1.68 bits per heavy atom. The number of aryl methyl sites for hydroxylation is 1. The molecule has 2 aliphatic rings. The number of amides is 1. The Morgan fingerprint density at radius 1 is 0.971 bits per heavy atom. The number of carbonyl (C=O) groups excluding carboxylic acids is 1. The summed E-state index contributed by atoms with van der Waals surface area (Å²) in [7, 11) is -3.55. The van der Waals surface area contributed by atoms with Crippen LogP contribution in [0.4, 0.5) is 5.69 Å². The van der Waals surface area contributed by atoms with Crippen LogP contribution in [0.15, 0.2) is 53.4 Å². The number of morpholine rings is 1. The van der Waals surface area contributed by atoms with Gasteiger partial charge in [0.1, 0.15) is 0 Å². The number of benzene rings is 2. The topological polar surface area (TPSA) is 82.2 Å². The summed E-state index contributed by atoms with van der Waals surface area (Å²) in [5, 5.41) is 2.95. The van der Waals surface area contributed by atoms with Crippen LogP contribution in [0.2, 0.25) is 0 Å². The highest BCUT2D eigenvalue weighted by atomic mass is 32.2. The highest BCUT2D eigenvalue weighted by molar-refractivity contribution is 7.89. The van der Waals surface area contributed by atoms with Gasteiger partial charge in [0.2, 0.25) is 10.0 Å². The van der Waals surface area contributed by atoms with Gasteiger partial charge < -0.3 is 15.0 Å². The molecule has 0 radical (unpaired) electrons. The van der Waals surface area contributed by atoms with E-state index in [1.807, 2.05) is 0 Å². The molecule has 2 aromatic carbocycles. The van der Waals surface area contributed by atoms with Gasteiger partial charge >= 0.3 is 0 Å². The normalized spacial score (nSPS) is 18.1. The largest absolute Gasteiger partial charge is 0.379 e. The second-order valence-corrected chi connectivity index (χ2v) is 10.8. The van der Waals surface area contributed by atoms with Crippen molar-refractivity contribution in [3.05, 3.63) is 59.7 Å². The summed E-state index contributed by atoms with van der Waals surface area (Å²) in [4.78, 5) is 17.5. The van der Waals surface area contributed by atoms with Gasteiger partial charge in [-0.3, -0.25) is 9.69 Å². The van der Waals surface area contributed by atoms with Gasteiger partial charge in [0.25, 0.3) is 5.91 Å². The molecule has 0 spiro atoms. The molecule has 0 atom stereocenters. The van der Waals surface area contributed by atoms with Crippen molar-refractivity contribution >= 4 is 21.6 Å². The Bertz CT molecular complexity index is 1060. The molecular formula is C25H34N4O4S. The van der Waals surface area contributed by atoms with Crippen molar-refractivity contribution < 1.29 is 17.9 Å². The first kappa shape index (κ1) is 24.7. The lowest BCUT2D eigenvalue weighted by molar-refractivity contribution is 0.0730. The van der Waals surface area contributed by atoms with Crippen molar-refractivity contribution in [1.82, 2.24) is 14.5 Å². The maximum atomic E-state index is 12.7. The summed E-state index contributed by atoms with van der Waals surface area (Å²) in [5.74, 6) is -0.181. The third-order valence-electron chi connectivity index (χ3n) is 6.40. The molecule has 2 fully saturated rings. The van der Waals surface area contributed by atoms with Crippen LogP contribution in [0.3, 0.4) is 0 Å². The van der Waals surface area contributed by atoms with Gasteiger partial charge in [-0.15, -0.1) is 0 Å². The van der Waals surface area contributed by atoms with Crippen LogP contribution in [-0.4, -0.2) is 89.1 Å². The number of anilines is 1. The van der Waals surface area contributed by atoms with E-state index in [1.165, 1.54) is 27.7 Å². The van der Waals surface area contributed by atoms with Crippen LogP contribution in [-0.2, 0) is 14.8 Å². The van der Waals surface area contributed by atoms with Crippen molar-refractivity contribution in [2.24, 2.45) is 0 Å². The fourth-order valence-electron chi connectivity index (χ4n) is 4.38. The third-order valence-corrected chi connectivity index (χ3v) is 8.31. The lowest BCUT2D eigenvalue weighted by Gasteiger charge is -2.36. The number of hydrogen-bond acceptors (Lipinski definition) is 6. The minimum atomic E-state index is -3.55. The number of hydrogen-bond donors (Lipinski definition) is 1. The van der Waals surface area contributed by atoms with Gasteiger partial charge in [-0.05, 0) is 61.9 Å². The van der Waals surface area contributed by atoms with E-state index in [-0.39, 0.29) is 10.8 Å².